The predicted molar refractivity (Wildman–Crippen MR) is 105 cm³/mol. The van der Waals surface area contributed by atoms with Crippen molar-refractivity contribution in [2.75, 3.05) is 23.3 Å². The van der Waals surface area contributed by atoms with Crippen molar-refractivity contribution in [2.45, 2.75) is 0 Å². The van der Waals surface area contributed by atoms with E-state index in [-0.39, 0.29) is 11.7 Å². The standard InChI is InChI=1S/C20H16FN5O3/c21-13-4-6-15(7-5-13)26-18(27)9-8-17(24-26)19(28)23-14-2-1-3-16(12-14)25-11-10-22-20(25)29/h1-9,12H,10-11H2,(H,22,29)(H,23,28). The van der Waals surface area contributed by atoms with E-state index in [9.17, 15) is 18.8 Å². The van der Waals surface area contributed by atoms with Gasteiger partial charge < -0.3 is 10.6 Å². The maximum absolute atomic E-state index is 13.1. The minimum atomic E-state index is -0.524. The molecular weight excluding hydrogens is 377 g/mol. The van der Waals surface area contributed by atoms with E-state index in [1.807, 2.05) is 0 Å². The molecule has 0 bridgehead atoms. The molecule has 1 aromatic heterocycles. The molecule has 9 heteroatoms. The van der Waals surface area contributed by atoms with Crippen LogP contribution in [0.5, 0.6) is 0 Å². The molecule has 0 saturated carbocycles. The third kappa shape index (κ3) is 3.84. The van der Waals surface area contributed by atoms with Gasteiger partial charge in [-0.3, -0.25) is 14.5 Å². The Balaban J connectivity index is 1.58. The van der Waals surface area contributed by atoms with Crippen molar-refractivity contribution in [3.8, 4) is 5.69 Å². The lowest BCUT2D eigenvalue weighted by Gasteiger charge is -2.15. The first-order chi connectivity index (χ1) is 14.0. The van der Waals surface area contributed by atoms with Crippen LogP contribution in [0.4, 0.5) is 20.6 Å². The first kappa shape index (κ1) is 18.4. The summed E-state index contributed by atoms with van der Waals surface area (Å²) in [4.78, 5) is 38.1. The summed E-state index contributed by atoms with van der Waals surface area (Å²) in [6.45, 7) is 1.10. The largest absolute Gasteiger partial charge is 0.336 e. The lowest BCUT2D eigenvalue weighted by molar-refractivity contribution is 0.102. The second kappa shape index (κ2) is 7.55. The molecule has 8 nitrogen and oxygen atoms in total. The lowest BCUT2D eigenvalue weighted by atomic mass is 10.2. The molecule has 3 amide bonds. The van der Waals surface area contributed by atoms with E-state index < -0.39 is 17.3 Å². The average Bonchev–Trinajstić information content (AvgIpc) is 3.15. The SMILES string of the molecule is O=C(Nc1cccc(N2CCNC2=O)c1)c1ccc(=O)n(-c2ccc(F)cc2)n1. The van der Waals surface area contributed by atoms with Crippen molar-refractivity contribution in [2.24, 2.45) is 0 Å². The van der Waals surface area contributed by atoms with Crippen molar-refractivity contribution in [1.29, 1.82) is 0 Å². The molecule has 4 rings (SSSR count). The molecule has 0 radical (unpaired) electrons. The molecule has 1 aliphatic rings. The molecule has 0 unspecified atom stereocenters. The molecule has 1 fully saturated rings. The molecule has 29 heavy (non-hydrogen) atoms. The highest BCUT2D eigenvalue weighted by atomic mass is 19.1. The fourth-order valence-electron chi connectivity index (χ4n) is 2.96. The Labute approximate surface area is 164 Å². The number of hydrogen-bond donors (Lipinski definition) is 2. The van der Waals surface area contributed by atoms with Crippen LogP contribution < -0.4 is 21.1 Å². The number of urea groups is 1. The van der Waals surface area contributed by atoms with Gasteiger partial charge in [-0.25, -0.2) is 9.18 Å². The summed E-state index contributed by atoms with van der Waals surface area (Å²) in [5.41, 5.74) is 1.04. The van der Waals surface area contributed by atoms with Crippen LogP contribution in [0.3, 0.4) is 0 Å². The fourth-order valence-corrected chi connectivity index (χ4v) is 2.96. The number of carbonyl (C=O) groups is 2. The maximum atomic E-state index is 13.1. The number of nitrogens with one attached hydrogen (secondary N) is 2. The van der Waals surface area contributed by atoms with E-state index in [1.54, 1.807) is 29.2 Å². The molecule has 0 atom stereocenters. The molecule has 3 aromatic rings. The average molecular weight is 393 g/mol. The van der Waals surface area contributed by atoms with Gasteiger partial charge in [0.2, 0.25) is 0 Å². The van der Waals surface area contributed by atoms with Crippen molar-refractivity contribution in [3.63, 3.8) is 0 Å². The third-order valence-electron chi connectivity index (χ3n) is 4.38. The van der Waals surface area contributed by atoms with Gasteiger partial charge in [0, 0.05) is 30.5 Å². The van der Waals surface area contributed by atoms with Gasteiger partial charge in [-0.15, -0.1) is 0 Å². The zero-order valence-electron chi connectivity index (χ0n) is 15.1. The second-order valence-corrected chi connectivity index (χ2v) is 6.33. The van der Waals surface area contributed by atoms with Crippen LogP contribution in [0.1, 0.15) is 10.5 Å². The molecular formula is C20H16FN5O3. The Kier molecular flexibility index (Phi) is 4.78. The highest BCUT2D eigenvalue weighted by Gasteiger charge is 2.21. The molecule has 0 spiro atoms. The number of hydrogen-bond acceptors (Lipinski definition) is 4. The van der Waals surface area contributed by atoms with Gasteiger partial charge in [0.25, 0.3) is 11.5 Å². The van der Waals surface area contributed by atoms with Crippen LogP contribution in [0, 0.1) is 5.82 Å². The van der Waals surface area contributed by atoms with Gasteiger partial charge in [-0.1, -0.05) is 6.07 Å². The molecule has 146 valence electrons. The van der Waals surface area contributed by atoms with Gasteiger partial charge in [0.15, 0.2) is 0 Å². The quantitative estimate of drug-likeness (QED) is 0.710. The van der Waals surface area contributed by atoms with E-state index in [1.165, 1.54) is 36.4 Å². The maximum Gasteiger partial charge on any atom is 0.321 e. The van der Waals surface area contributed by atoms with E-state index in [2.05, 4.69) is 15.7 Å². The Morgan fingerprint density at radius 1 is 1.03 bits per heavy atom. The molecule has 1 saturated heterocycles. The Bertz CT molecular complexity index is 1140. The van der Waals surface area contributed by atoms with Crippen LogP contribution in [0.2, 0.25) is 0 Å². The van der Waals surface area contributed by atoms with Gasteiger partial charge in [-0.05, 0) is 48.5 Å². The number of rotatable bonds is 4. The normalized spacial score (nSPS) is 13.3. The fraction of sp³-hybridized carbons (Fsp3) is 0.100. The predicted octanol–water partition coefficient (Wildman–Crippen LogP) is 2.15. The number of anilines is 2. The number of amides is 3. The summed E-state index contributed by atoms with van der Waals surface area (Å²) in [6.07, 6.45) is 0. The van der Waals surface area contributed by atoms with Crippen LogP contribution in [0.25, 0.3) is 5.69 Å². The van der Waals surface area contributed by atoms with E-state index in [0.717, 1.165) is 4.68 Å². The Morgan fingerprint density at radius 3 is 2.55 bits per heavy atom. The van der Waals surface area contributed by atoms with E-state index in [4.69, 9.17) is 0 Å². The third-order valence-corrected chi connectivity index (χ3v) is 4.38. The number of carbonyl (C=O) groups excluding carboxylic acids is 2. The molecule has 2 N–H and O–H groups in total. The van der Waals surface area contributed by atoms with Crippen molar-refractivity contribution in [3.05, 3.63) is 82.5 Å². The summed E-state index contributed by atoms with van der Waals surface area (Å²) in [6, 6.07) is 14.4. The molecule has 2 aromatic carbocycles. The lowest BCUT2D eigenvalue weighted by Crippen LogP contribution is -2.27. The zero-order valence-corrected chi connectivity index (χ0v) is 15.1. The molecule has 0 aliphatic carbocycles. The summed E-state index contributed by atoms with van der Waals surface area (Å²) < 4.78 is 14.1. The van der Waals surface area contributed by atoms with Crippen LogP contribution >= 0.6 is 0 Å². The summed E-state index contributed by atoms with van der Waals surface area (Å²) >= 11 is 0. The van der Waals surface area contributed by atoms with Crippen LogP contribution in [0.15, 0.2) is 65.5 Å². The summed E-state index contributed by atoms with van der Waals surface area (Å²) in [5.74, 6) is -0.967. The summed E-state index contributed by atoms with van der Waals surface area (Å²) in [7, 11) is 0. The van der Waals surface area contributed by atoms with E-state index in [0.29, 0.717) is 30.2 Å². The first-order valence-electron chi connectivity index (χ1n) is 8.84. The number of nitrogens with zero attached hydrogens (tertiary/aromatic N) is 3. The minimum absolute atomic E-state index is 0.0123. The smallest absolute Gasteiger partial charge is 0.321 e. The Morgan fingerprint density at radius 2 is 1.83 bits per heavy atom. The topological polar surface area (TPSA) is 96.3 Å². The van der Waals surface area contributed by atoms with Crippen LogP contribution in [-0.4, -0.2) is 34.8 Å². The van der Waals surface area contributed by atoms with E-state index >= 15 is 0 Å². The van der Waals surface area contributed by atoms with Gasteiger partial charge in [0.1, 0.15) is 11.5 Å². The summed E-state index contributed by atoms with van der Waals surface area (Å²) in [5, 5.41) is 9.50. The monoisotopic (exact) mass is 393 g/mol. The number of halogens is 1. The van der Waals surface area contributed by atoms with Gasteiger partial charge in [-0.2, -0.15) is 9.78 Å². The number of benzene rings is 2. The molecule has 2 heterocycles. The zero-order chi connectivity index (χ0) is 20.4. The first-order valence-corrected chi connectivity index (χ1v) is 8.84. The van der Waals surface area contributed by atoms with Crippen molar-refractivity contribution in [1.82, 2.24) is 15.1 Å². The highest BCUT2D eigenvalue weighted by molar-refractivity contribution is 6.03. The molecule has 1 aliphatic heterocycles. The number of aromatic nitrogens is 2. The van der Waals surface area contributed by atoms with Crippen molar-refractivity contribution < 1.29 is 14.0 Å². The second-order valence-electron chi connectivity index (χ2n) is 6.33. The van der Waals surface area contributed by atoms with Gasteiger partial charge in [0.05, 0.1) is 5.69 Å². The van der Waals surface area contributed by atoms with Crippen molar-refractivity contribution >= 4 is 23.3 Å². The minimum Gasteiger partial charge on any atom is -0.336 e. The Hall–Kier alpha value is -4.01. The van der Waals surface area contributed by atoms with Crippen LogP contribution in [-0.2, 0) is 0 Å². The highest BCUT2D eigenvalue weighted by Crippen LogP contribution is 2.21. The van der Waals surface area contributed by atoms with Gasteiger partial charge >= 0.3 is 6.03 Å².